The smallest absolute Gasteiger partial charge is 0.332 e. The normalized spacial score (nSPS) is 22.3. The molecule has 0 amide bonds. The summed E-state index contributed by atoms with van der Waals surface area (Å²) >= 11 is 0. The Morgan fingerprint density at radius 2 is 2.29 bits per heavy atom. The Hall–Kier alpha value is -0.650. The fourth-order valence-corrected chi connectivity index (χ4v) is 2.06. The minimum atomic E-state index is -0.877. The second-order valence-electron chi connectivity index (χ2n) is 4.92. The molecule has 5 heteroatoms. The van der Waals surface area contributed by atoms with Crippen LogP contribution in [0.2, 0.25) is 0 Å². The van der Waals surface area contributed by atoms with Crippen molar-refractivity contribution in [2.45, 2.75) is 38.8 Å². The summed E-state index contributed by atoms with van der Waals surface area (Å²) in [6.07, 6.45) is -0.175. The molecule has 0 bridgehead atoms. The van der Waals surface area contributed by atoms with Gasteiger partial charge < -0.3 is 14.6 Å². The molecule has 0 aromatic carbocycles. The minimum absolute atomic E-state index is 0.0203. The SMILES string of the molecule is CCOC(CCN1CCOCC1(C)C)C(=O)O. The molecule has 0 aromatic rings. The van der Waals surface area contributed by atoms with Gasteiger partial charge in [-0.3, -0.25) is 4.90 Å². The molecule has 1 N–H and O–H groups in total. The molecule has 0 aromatic heterocycles. The van der Waals surface area contributed by atoms with Gasteiger partial charge in [-0.15, -0.1) is 0 Å². The standard InChI is InChI=1S/C12H23NO4/c1-4-17-10(11(14)15)5-6-13-7-8-16-9-12(13,2)3/h10H,4-9H2,1-3H3,(H,14,15). The number of nitrogens with zero attached hydrogens (tertiary/aromatic N) is 1. The maximum Gasteiger partial charge on any atom is 0.332 e. The predicted molar refractivity (Wildman–Crippen MR) is 64.1 cm³/mol. The van der Waals surface area contributed by atoms with Crippen LogP contribution in [0.3, 0.4) is 0 Å². The molecule has 0 radical (unpaired) electrons. The highest BCUT2D eigenvalue weighted by molar-refractivity contribution is 5.72. The van der Waals surface area contributed by atoms with Crippen molar-refractivity contribution in [1.29, 1.82) is 0 Å². The fourth-order valence-electron chi connectivity index (χ4n) is 2.06. The summed E-state index contributed by atoms with van der Waals surface area (Å²) in [7, 11) is 0. The first-order valence-corrected chi connectivity index (χ1v) is 6.14. The number of morpholine rings is 1. The predicted octanol–water partition coefficient (Wildman–Crippen LogP) is 0.977. The quantitative estimate of drug-likeness (QED) is 0.756. The molecule has 1 saturated heterocycles. The van der Waals surface area contributed by atoms with Crippen molar-refractivity contribution >= 4 is 5.97 Å². The van der Waals surface area contributed by atoms with Gasteiger partial charge in [-0.05, 0) is 27.2 Å². The largest absolute Gasteiger partial charge is 0.479 e. The van der Waals surface area contributed by atoms with Gasteiger partial charge in [-0.25, -0.2) is 4.79 Å². The van der Waals surface area contributed by atoms with Gasteiger partial charge in [-0.2, -0.15) is 0 Å². The zero-order valence-corrected chi connectivity index (χ0v) is 10.9. The number of carboxylic acid groups (broad SMARTS) is 1. The molecule has 0 aliphatic carbocycles. The van der Waals surface area contributed by atoms with Gasteiger partial charge in [0.1, 0.15) is 0 Å². The van der Waals surface area contributed by atoms with Crippen LogP contribution in [0.5, 0.6) is 0 Å². The third-order valence-electron chi connectivity index (χ3n) is 3.12. The number of carbonyl (C=O) groups is 1. The molecule has 1 rings (SSSR count). The Balaban J connectivity index is 2.44. The summed E-state index contributed by atoms with van der Waals surface area (Å²) in [5, 5.41) is 9.00. The molecule has 0 spiro atoms. The lowest BCUT2D eigenvalue weighted by Crippen LogP contribution is -2.53. The maximum absolute atomic E-state index is 11.0. The summed E-state index contributed by atoms with van der Waals surface area (Å²) in [4.78, 5) is 13.2. The summed E-state index contributed by atoms with van der Waals surface area (Å²) in [6, 6.07) is 0. The lowest BCUT2D eigenvalue weighted by molar-refractivity contribution is -0.151. The molecule has 1 fully saturated rings. The first-order valence-electron chi connectivity index (χ1n) is 6.14. The highest BCUT2D eigenvalue weighted by Gasteiger charge is 2.31. The molecular formula is C12H23NO4. The van der Waals surface area contributed by atoms with Crippen molar-refractivity contribution in [3.63, 3.8) is 0 Å². The van der Waals surface area contributed by atoms with E-state index in [1.165, 1.54) is 0 Å². The van der Waals surface area contributed by atoms with Crippen LogP contribution in [-0.4, -0.2) is 60.5 Å². The zero-order chi connectivity index (χ0) is 12.9. The Bertz CT molecular complexity index is 255. The average Bonchev–Trinajstić information content (AvgIpc) is 2.25. The summed E-state index contributed by atoms with van der Waals surface area (Å²) < 4.78 is 10.6. The first-order chi connectivity index (χ1) is 7.97. The molecule has 0 saturated carbocycles. The minimum Gasteiger partial charge on any atom is -0.479 e. The van der Waals surface area contributed by atoms with E-state index in [1.54, 1.807) is 0 Å². The van der Waals surface area contributed by atoms with Crippen LogP contribution in [0, 0.1) is 0 Å². The molecule has 1 heterocycles. The van der Waals surface area contributed by atoms with Crippen LogP contribution in [0.25, 0.3) is 0 Å². The Morgan fingerprint density at radius 3 is 2.82 bits per heavy atom. The van der Waals surface area contributed by atoms with Crippen molar-refractivity contribution < 1.29 is 19.4 Å². The molecule has 5 nitrogen and oxygen atoms in total. The summed E-state index contributed by atoms with van der Waals surface area (Å²) in [6.45, 7) is 9.47. The number of hydrogen-bond acceptors (Lipinski definition) is 4. The van der Waals surface area contributed by atoms with Crippen LogP contribution in [0.4, 0.5) is 0 Å². The van der Waals surface area contributed by atoms with E-state index in [0.29, 0.717) is 19.6 Å². The van der Waals surface area contributed by atoms with Crippen LogP contribution in [0.1, 0.15) is 27.2 Å². The molecule has 100 valence electrons. The van der Waals surface area contributed by atoms with E-state index in [4.69, 9.17) is 14.6 Å². The maximum atomic E-state index is 11.0. The average molecular weight is 245 g/mol. The second-order valence-corrected chi connectivity index (χ2v) is 4.92. The zero-order valence-electron chi connectivity index (χ0n) is 10.9. The van der Waals surface area contributed by atoms with Crippen molar-refractivity contribution in [3.8, 4) is 0 Å². The van der Waals surface area contributed by atoms with Gasteiger partial charge >= 0.3 is 5.97 Å². The number of rotatable bonds is 6. The van der Waals surface area contributed by atoms with E-state index in [2.05, 4.69) is 18.7 Å². The lowest BCUT2D eigenvalue weighted by atomic mass is 10.0. The van der Waals surface area contributed by atoms with Gasteiger partial charge in [0.05, 0.1) is 13.2 Å². The van der Waals surface area contributed by atoms with Gasteiger partial charge in [0.15, 0.2) is 6.10 Å². The van der Waals surface area contributed by atoms with Crippen LogP contribution in [0.15, 0.2) is 0 Å². The molecule has 1 aliphatic rings. The van der Waals surface area contributed by atoms with E-state index in [1.807, 2.05) is 6.92 Å². The fraction of sp³-hybridized carbons (Fsp3) is 0.917. The summed E-state index contributed by atoms with van der Waals surface area (Å²) in [5.74, 6) is -0.877. The molecular weight excluding hydrogens is 222 g/mol. The van der Waals surface area contributed by atoms with Crippen LogP contribution < -0.4 is 0 Å². The number of ether oxygens (including phenoxy) is 2. The van der Waals surface area contributed by atoms with E-state index in [0.717, 1.165) is 19.7 Å². The van der Waals surface area contributed by atoms with E-state index >= 15 is 0 Å². The molecule has 1 unspecified atom stereocenters. The summed E-state index contributed by atoms with van der Waals surface area (Å²) in [5.41, 5.74) is -0.0203. The van der Waals surface area contributed by atoms with Crippen molar-refractivity contribution in [3.05, 3.63) is 0 Å². The van der Waals surface area contributed by atoms with Crippen LogP contribution in [-0.2, 0) is 14.3 Å². The van der Waals surface area contributed by atoms with E-state index in [-0.39, 0.29) is 5.54 Å². The Labute approximate surface area is 103 Å². The van der Waals surface area contributed by atoms with Crippen LogP contribution >= 0.6 is 0 Å². The highest BCUT2D eigenvalue weighted by Crippen LogP contribution is 2.19. The number of carboxylic acids is 1. The third kappa shape index (κ3) is 4.26. The Kier molecular flexibility index (Phi) is 5.36. The van der Waals surface area contributed by atoms with Crippen molar-refractivity contribution in [2.75, 3.05) is 32.9 Å². The monoisotopic (exact) mass is 245 g/mol. The Morgan fingerprint density at radius 1 is 1.59 bits per heavy atom. The van der Waals surface area contributed by atoms with E-state index in [9.17, 15) is 4.79 Å². The number of hydrogen-bond donors (Lipinski definition) is 1. The molecule has 1 atom stereocenters. The molecule has 1 aliphatic heterocycles. The third-order valence-corrected chi connectivity index (χ3v) is 3.12. The van der Waals surface area contributed by atoms with Gasteiger partial charge in [0.2, 0.25) is 0 Å². The van der Waals surface area contributed by atoms with Crippen molar-refractivity contribution in [1.82, 2.24) is 4.90 Å². The van der Waals surface area contributed by atoms with E-state index < -0.39 is 12.1 Å². The van der Waals surface area contributed by atoms with Gasteiger partial charge in [-0.1, -0.05) is 0 Å². The highest BCUT2D eigenvalue weighted by atomic mass is 16.5. The van der Waals surface area contributed by atoms with Gasteiger partial charge in [0, 0.05) is 25.2 Å². The molecule has 17 heavy (non-hydrogen) atoms. The lowest BCUT2D eigenvalue weighted by Gasteiger charge is -2.42. The van der Waals surface area contributed by atoms with Gasteiger partial charge in [0.25, 0.3) is 0 Å². The topological polar surface area (TPSA) is 59.0 Å². The first kappa shape index (κ1) is 14.4. The second kappa shape index (κ2) is 6.33. The van der Waals surface area contributed by atoms with Crippen molar-refractivity contribution in [2.24, 2.45) is 0 Å². The number of aliphatic carboxylic acids is 1.